The average molecular weight is 572 g/mol. The van der Waals surface area contributed by atoms with Crippen molar-refractivity contribution in [3.8, 4) is 0 Å². The van der Waals surface area contributed by atoms with E-state index in [9.17, 15) is 4.79 Å². The van der Waals surface area contributed by atoms with Crippen LogP contribution in [-0.2, 0) is 4.74 Å². The summed E-state index contributed by atoms with van der Waals surface area (Å²) in [5.74, 6) is 1.59. The molecular weight excluding hydrogens is 529 g/mol. The molecule has 0 aliphatic carbocycles. The third-order valence-corrected chi connectivity index (χ3v) is 6.12. The molecular formula is C25H42IN5O2. The molecule has 2 N–H and O–H groups in total. The smallest absolute Gasteiger partial charge is 0.408 e. The van der Waals surface area contributed by atoms with Crippen LogP contribution in [0.1, 0.15) is 58.1 Å². The summed E-state index contributed by atoms with van der Waals surface area (Å²) in [6.07, 6.45) is 4.85. The van der Waals surface area contributed by atoms with E-state index < -0.39 is 11.7 Å². The molecule has 186 valence electrons. The van der Waals surface area contributed by atoms with E-state index in [4.69, 9.17) is 4.74 Å². The first-order chi connectivity index (χ1) is 15.3. The lowest BCUT2D eigenvalue weighted by Gasteiger charge is -2.29. The molecule has 33 heavy (non-hydrogen) atoms. The molecule has 0 saturated carbocycles. The fourth-order valence-corrected chi connectivity index (χ4v) is 4.59. The molecule has 0 bridgehead atoms. The monoisotopic (exact) mass is 571 g/mol. The molecule has 1 aromatic rings. The van der Waals surface area contributed by atoms with Gasteiger partial charge < -0.3 is 25.2 Å². The van der Waals surface area contributed by atoms with Gasteiger partial charge in [-0.25, -0.2) is 4.79 Å². The van der Waals surface area contributed by atoms with Crippen molar-refractivity contribution in [2.24, 2.45) is 10.9 Å². The van der Waals surface area contributed by atoms with Gasteiger partial charge in [-0.15, -0.1) is 24.0 Å². The minimum Gasteiger partial charge on any atom is -0.444 e. The Morgan fingerprint density at radius 3 is 2.48 bits per heavy atom. The number of hydrogen-bond donors (Lipinski definition) is 2. The van der Waals surface area contributed by atoms with Crippen LogP contribution in [0.25, 0.3) is 0 Å². The van der Waals surface area contributed by atoms with Crippen molar-refractivity contribution in [2.45, 2.75) is 58.1 Å². The Morgan fingerprint density at radius 1 is 1.15 bits per heavy atom. The summed E-state index contributed by atoms with van der Waals surface area (Å²) >= 11 is 0. The summed E-state index contributed by atoms with van der Waals surface area (Å²) in [5.41, 5.74) is 0.499. The second-order valence-electron chi connectivity index (χ2n) is 10.00. The first-order valence-electron chi connectivity index (χ1n) is 12.1. The summed E-state index contributed by atoms with van der Waals surface area (Å²) in [7, 11) is 1.83. The predicted molar refractivity (Wildman–Crippen MR) is 145 cm³/mol. The highest BCUT2D eigenvalue weighted by atomic mass is 127. The summed E-state index contributed by atoms with van der Waals surface area (Å²) in [5, 5.41) is 6.51. The maximum Gasteiger partial charge on any atom is 0.408 e. The number of halogens is 1. The van der Waals surface area contributed by atoms with Crippen molar-refractivity contribution >= 4 is 36.0 Å². The molecule has 2 atom stereocenters. The zero-order valence-corrected chi connectivity index (χ0v) is 23.0. The lowest BCUT2D eigenvalue weighted by Crippen LogP contribution is -2.45. The molecule has 2 heterocycles. The van der Waals surface area contributed by atoms with Crippen LogP contribution in [0.15, 0.2) is 35.3 Å². The van der Waals surface area contributed by atoms with Crippen LogP contribution in [0, 0.1) is 5.92 Å². The van der Waals surface area contributed by atoms with E-state index in [0.717, 1.165) is 24.6 Å². The second-order valence-corrected chi connectivity index (χ2v) is 10.00. The normalized spacial score (nSPS) is 20.7. The molecule has 0 aromatic heterocycles. The van der Waals surface area contributed by atoms with Crippen molar-refractivity contribution in [1.29, 1.82) is 0 Å². The highest BCUT2D eigenvalue weighted by Crippen LogP contribution is 2.20. The maximum atomic E-state index is 12.4. The van der Waals surface area contributed by atoms with Gasteiger partial charge in [0.1, 0.15) is 5.60 Å². The average Bonchev–Trinajstić information content (AvgIpc) is 3.21. The zero-order chi connectivity index (χ0) is 23.0. The van der Waals surface area contributed by atoms with Crippen LogP contribution < -0.4 is 10.6 Å². The fraction of sp³-hybridized carbons (Fsp3) is 0.680. The summed E-state index contributed by atoms with van der Waals surface area (Å²) in [4.78, 5) is 21.9. The molecule has 8 heteroatoms. The van der Waals surface area contributed by atoms with Crippen LogP contribution >= 0.6 is 24.0 Å². The third kappa shape index (κ3) is 9.31. The summed E-state index contributed by atoms with van der Waals surface area (Å²) < 4.78 is 5.49. The number of rotatable bonds is 6. The predicted octanol–water partition coefficient (Wildman–Crippen LogP) is 4.25. The van der Waals surface area contributed by atoms with Gasteiger partial charge in [0.2, 0.25) is 0 Å². The van der Waals surface area contributed by atoms with Gasteiger partial charge in [0.15, 0.2) is 5.96 Å². The van der Waals surface area contributed by atoms with Crippen molar-refractivity contribution in [2.75, 3.05) is 46.3 Å². The Balaban J connectivity index is 0.00000385. The zero-order valence-electron chi connectivity index (χ0n) is 20.7. The number of ether oxygens (including phenoxy) is 1. The number of hydrogen-bond acceptors (Lipinski definition) is 4. The quantitative estimate of drug-likeness (QED) is 0.304. The van der Waals surface area contributed by atoms with E-state index in [0.29, 0.717) is 12.5 Å². The van der Waals surface area contributed by atoms with Crippen LogP contribution in [0.3, 0.4) is 0 Å². The Bertz CT molecular complexity index is 747. The van der Waals surface area contributed by atoms with Gasteiger partial charge in [-0.05, 0) is 64.6 Å². The third-order valence-electron chi connectivity index (χ3n) is 6.12. The molecule has 3 rings (SSSR count). The van der Waals surface area contributed by atoms with Gasteiger partial charge >= 0.3 is 6.09 Å². The molecule has 1 amide bonds. The number of carbonyl (C=O) groups excluding carboxylic acids is 1. The Hall–Kier alpha value is -1.55. The van der Waals surface area contributed by atoms with Gasteiger partial charge in [-0.3, -0.25) is 4.99 Å². The van der Waals surface area contributed by atoms with E-state index >= 15 is 0 Å². The number of benzene rings is 1. The Morgan fingerprint density at radius 2 is 1.85 bits per heavy atom. The first kappa shape index (κ1) is 27.7. The lowest BCUT2D eigenvalue weighted by molar-refractivity contribution is 0.0504. The Labute approximate surface area is 216 Å². The van der Waals surface area contributed by atoms with Gasteiger partial charge in [0.05, 0.1) is 6.04 Å². The van der Waals surface area contributed by atoms with E-state index in [2.05, 4.69) is 25.4 Å². The number of piperidine rings is 1. The molecule has 0 spiro atoms. The number of amides is 1. The topological polar surface area (TPSA) is 69.2 Å². The standard InChI is InChI=1S/C25H41N5O2.HI/c1-25(2,3)32-24(31)28-22(21-11-7-5-8-12-21)17-27-23(26-4)30-16-13-20(19-30)18-29-14-9-6-10-15-29;/h5,7-8,11-12,20,22H,6,9-10,13-19H2,1-4H3,(H,26,27)(H,28,31);1H. The number of alkyl carbamates (subject to hydrolysis) is 1. The maximum absolute atomic E-state index is 12.4. The minimum atomic E-state index is -0.534. The summed E-state index contributed by atoms with van der Waals surface area (Å²) in [6, 6.07) is 9.79. The van der Waals surface area contributed by atoms with Crippen molar-refractivity contribution in [3.63, 3.8) is 0 Å². The molecule has 2 fully saturated rings. The van der Waals surface area contributed by atoms with E-state index in [1.165, 1.54) is 45.3 Å². The first-order valence-corrected chi connectivity index (χ1v) is 12.1. The van der Waals surface area contributed by atoms with Crippen molar-refractivity contribution in [3.05, 3.63) is 35.9 Å². The van der Waals surface area contributed by atoms with Crippen LogP contribution in [0.2, 0.25) is 0 Å². The number of likely N-dealkylation sites (tertiary alicyclic amines) is 2. The SMILES string of the molecule is CN=C(NCC(NC(=O)OC(C)(C)C)c1ccccc1)N1CCC(CN2CCCCC2)C1.I. The van der Waals surface area contributed by atoms with Crippen LogP contribution in [-0.4, -0.2) is 73.8 Å². The van der Waals surface area contributed by atoms with Gasteiger partial charge in [-0.2, -0.15) is 0 Å². The lowest BCUT2D eigenvalue weighted by atomic mass is 10.1. The number of nitrogens with zero attached hydrogens (tertiary/aromatic N) is 3. The van der Waals surface area contributed by atoms with Crippen molar-refractivity contribution < 1.29 is 9.53 Å². The van der Waals surface area contributed by atoms with E-state index in [1.54, 1.807) is 0 Å². The van der Waals surface area contributed by atoms with Gasteiger partial charge in [-0.1, -0.05) is 36.8 Å². The van der Waals surface area contributed by atoms with Gasteiger partial charge in [0, 0.05) is 33.2 Å². The number of guanidine groups is 1. The highest BCUT2D eigenvalue weighted by Gasteiger charge is 2.28. The highest BCUT2D eigenvalue weighted by molar-refractivity contribution is 14.0. The Kier molecular flexibility index (Phi) is 11.2. The van der Waals surface area contributed by atoms with E-state index in [-0.39, 0.29) is 30.0 Å². The van der Waals surface area contributed by atoms with Gasteiger partial charge in [0.25, 0.3) is 0 Å². The fourth-order valence-electron chi connectivity index (χ4n) is 4.59. The van der Waals surface area contributed by atoms with Crippen LogP contribution in [0.5, 0.6) is 0 Å². The molecule has 1 aromatic carbocycles. The molecule has 2 saturated heterocycles. The minimum absolute atomic E-state index is 0. The largest absolute Gasteiger partial charge is 0.444 e. The van der Waals surface area contributed by atoms with Crippen molar-refractivity contribution in [1.82, 2.24) is 20.4 Å². The molecule has 2 unspecified atom stereocenters. The van der Waals surface area contributed by atoms with E-state index in [1.807, 2.05) is 58.2 Å². The molecule has 2 aliphatic heterocycles. The molecule has 2 aliphatic rings. The molecule has 7 nitrogen and oxygen atoms in total. The summed E-state index contributed by atoms with van der Waals surface area (Å²) in [6.45, 7) is 11.9. The molecule has 0 radical (unpaired) electrons. The second kappa shape index (κ2) is 13.4. The number of nitrogens with one attached hydrogen (secondary N) is 2. The number of carbonyl (C=O) groups is 1. The number of aliphatic imine (C=N–C) groups is 1. The van der Waals surface area contributed by atoms with Crippen LogP contribution in [0.4, 0.5) is 4.79 Å².